The lowest BCUT2D eigenvalue weighted by molar-refractivity contribution is 0.415. The lowest BCUT2D eigenvalue weighted by Crippen LogP contribution is -2.03. The largest absolute Gasteiger partial charge is 0.490 e. The van der Waals surface area contributed by atoms with Crippen LogP contribution < -0.4 is 15.8 Å². The first-order valence-electron chi connectivity index (χ1n) is 5.29. The maximum Gasteiger partial charge on any atom is 0.204 e. The van der Waals surface area contributed by atoms with E-state index in [-0.39, 0.29) is 11.6 Å². The molecule has 0 bridgehead atoms. The molecule has 0 radical (unpaired) electrons. The quantitative estimate of drug-likeness (QED) is 0.871. The minimum absolute atomic E-state index is 0.226. The molecule has 0 aliphatic rings. The molecule has 1 aromatic heterocycles. The molecule has 0 saturated carbocycles. The van der Waals surface area contributed by atoms with Crippen molar-refractivity contribution in [2.45, 2.75) is 6.92 Å². The van der Waals surface area contributed by atoms with Crippen LogP contribution in [-0.2, 0) is 0 Å². The van der Waals surface area contributed by atoms with Gasteiger partial charge in [-0.05, 0) is 24.6 Å². The zero-order valence-corrected chi connectivity index (χ0v) is 10.1. The summed E-state index contributed by atoms with van der Waals surface area (Å²) in [6, 6.07) is 4.45. The standard InChI is InChI=1S/C12H13FN4O/c1-7-3-4-8(13)5-9(7)17-12-10(18-2)11(14)15-6-16-12/h3-6H,1-2H3,(H3,14,15,16,17). The molecule has 0 atom stereocenters. The summed E-state index contributed by atoms with van der Waals surface area (Å²) < 4.78 is 18.3. The van der Waals surface area contributed by atoms with Crippen molar-refractivity contribution in [2.75, 3.05) is 18.2 Å². The van der Waals surface area contributed by atoms with Gasteiger partial charge in [0.1, 0.15) is 12.1 Å². The molecule has 0 aliphatic carbocycles. The number of ether oxygens (including phenoxy) is 1. The summed E-state index contributed by atoms with van der Waals surface area (Å²) in [6.45, 7) is 1.86. The van der Waals surface area contributed by atoms with Gasteiger partial charge in [0, 0.05) is 5.69 Å². The molecule has 0 amide bonds. The number of hydrogen-bond donors (Lipinski definition) is 2. The van der Waals surface area contributed by atoms with Gasteiger partial charge in [0.2, 0.25) is 5.75 Å². The van der Waals surface area contributed by atoms with E-state index in [2.05, 4.69) is 15.3 Å². The van der Waals surface area contributed by atoms with Gasteiger partial charge in [0.25, 0.3) is 0 Å². The van der Waals surface area contributed by atoms with E-state index >= 15 is 0 Å². The normalized spacial score (nSPS) is 10.2. The van der Waals surface area contributed by atoms with Crippen LogP contribution >= 0.6 is 0 Å². The van der Waals surface area contributed by atoms with E-state index in [4.69, 9.17) is 10.5 Å². The van der Waals surface area contributed by atoms with Crippen molar-refractivity contribution in [1.29, 1.82) is 0 Å². The third-order valence-corrected chi connectivity index (χ3v) is 2.49. The summed E-state index contributed by atoms with van der Waals surface area (Å²) in [5.74, 6) is 0.632. The van der Waals surface area contributed by atoms with Crippen LogP contribution in [0.15, 0.2) is 24.5 Å². The van der Waals surface area contributed by atoms with Crippen LogP contribution in [0.25, 0.3) is 0 Å². The minimum atomic E-state index is -0.330. The van der Waals surface area contributed by atoms with E-state index in [1.54, 1.807) is 6.07 Å². The van der Waals surface area contributed by atoms with Gasteiger partial charge in [-0.2, -0.15) is 0 Å². The molecule has 2 aromatic rings. The summed E-state index contributed by atoms with van der Waals surface area (Å²) in [5, 5.41) is 2.98. The Morgan fingerprint density at radius 2 is 2.11 bits per heavy atom. The topological polar surface area (TPSA) is 73.1 Å². The van der Waals surface area contributed by atoms with Crippen LogP contribution in [0, 0.1) is 12.7 Å². The molecule has 1 heterocycles. The summed E-state index contributed by atoms with van der Waals surface area (Å²) >= 11 is 0. The number of nitrogens with one attached hydrogen (secondary N) is 1. The summed E-state index contributed by atoms with van der Waals surface area (Å²) in [7, 11) is 1.47. The number of aromatic nitrogens is 2. The predicted octanol–water partition coefficient (Wildman–Crippen LogP) is 2.26. The summed E-state index contributed by atoms with van der Waals surface area (Å²) in [6.07, 6.45) is 1.31. The van der Waals surface area contributed by atoms with Crippen molar-refractivity contribution in [1.82, 2.24) is 9.97 Å². The van der Waals surface area contributed by atoms with E-state index in [9.17, 15) is 4.39 Å². The van der Waals surface area contributed by atoms with Crippen LogP contribution in [0.4, 0.5) is 21.7 Å². The number of nitrogens with zero attached hydrogens (tertiary/aromatic N) is 2. The molecule has 1 aromatic carbocycles. The number of methoxy groups -OCH3 is 1. The Bertz CT molecular complexity index is 574. The van der Waals surface area contributed by atoms with E-state index in [0.717, 1.165) is 5.56 Å². The van der Waals surface area contributed by atoms with E-state index in [1.165, 1.54) is 25.6 Å². The molecule has 6 heteroatoms. The van der Waals surface area contributed by atoms with Gasteiger partial charge in [-0.1, -0.05) is 6.07 Å². The number of aryl methyl sites for hydroxylation is 1. The van der Waals surface area contributed by atoms with Crippen molar-refractivity contribution in [3.63, 3.8) is 0 Å². The van der Waals surface area contributed by atoms with Crippen LogP contribution in [0.2, 0.25) is 0 Å². The van der Waals surface area contributed by atoms with E-state index < -0.39 is 0 Å². The molecule has 0 unspecified atom stereocenters. The molecule has 0 fully saturated rings. The third kappa shape index (κ3) is 2.32. The Kier molecular flexibility index (Phi) is 3.27. The Labute approximate surface area is 104 Å². The first-order valence-corrected chi connectivity index (χ1v) is 5.29. The Hall–Kier alpha value is -2.37. The van der Waals surface area contributed by atoms with Crippen LogP contribution in [-0.4, -0.2) is 17.1 Å². The van der Waals surface area contributed by atoms with Crippen molar-refractivity contribution in [3.8, 4) is 5.75 Å². The van der Waals surface area contributed by atoms with Gasteiger partial charge < -0.3 is 15.8 Å². The molecular formula is C12H13FN4O. The lowest BCUT2D eigenvalue weighted by Gasteiger charge is -2.12. The Morgan fingerprint density at radius 3 is 2.83 bits per heavy atom. The van der Waals surface area contributed by atoms with Gasteiger partial charge in [-0.3, -0.25) is 0 Å². The minimum Gasteiger partial charge on any atom is -0.490 e. The molecule has 3 N–H and O–H groups in total. The van der Waals surface area contributed by atoms with Crippen LogP contribution in [0.1, 0.15) is 5.56 Å². The number of anilines is 3. The predicted molar refractivity (Wildman–Crippen MR) is 67.4 cm³/mol. The maximum atomic E-state index is 13.2. The van der Waals surface area contributed by atoms with Gasteiger partial charge in [0.15, 0.2) is 11.6 Å². The molecule has 0 saturated heterocycles. The van der Waals surface area contributed by atoms with Gasteiger partial charge >= 0.3 is 0 Å². The Morgan fingerprint density at radius 1 is 1.33 bits per heavy atom. The van der Waals surface area contributed by atoms with E-state index in [1.807, 2.05) is 6.92 Å². The van der Waals surface area contributed by atoms with Crippen molar-refractivity contribution in [3.05, 3.63) is 35.9 Å². The molecule has 0 spiro atoms. The van der Waals surface area contributed by atoms with Crippen LogP contribution in [0.5, 0.6) is 5.75 Å². The zero-order valence-electron chi connectivity index (χ0n) is 10.1. The van der Waals surface area contributed by atoms with Gasteiger partial charge in [-0.25, -0.2) is 14.4 Å². The van der Waals surface area contributed by atoms with Crippen LogP contribution in [0.3, 0.4) is 0 Å². The fourth-order valence-corrected chi connectivity index (χ4v) is 1.53. The molecule has 5 nitrogen and oxygen atoms in total. The first-order chi connectivity index (χ1) is 8.61. The zero-order chi connectivity index (χ0) is 13.1. The molecular weight excluding hydrogens is 235 g/mol. The van der Waals surface area contributed by atoms with Crippen molar-refractivity contribution in [2.24, 2.45) is 0 Å². The number of benzene rings is 1. The number of nitrogen functional groups attached to an aromatic ring is 1. The summed E-state index contributed by atoms with van der Waals surface area (Å²) in [5.41, 5.74) is 7.15. The number of nitrogens with two attached hydrogens (primary N) is 1. The second-order valence-electron chi connectivity index (χ2n) is 3.73. The molecule has 0 aliphatic heterocycles. The highest BCUT2D eigenvalue weighted by Crippen LogP contribution is 2.30. The fraction of sp³-hybridized carbons (Fsp3) is 0.167. The van der Waals surface area contributed by atoms with E-state index in [0.29, 0.717) is 17.3 Å². The second kappa shape index (κ2) is 4.87. The SMILES string of the molecule is COc1c(N)ncnc1Nc1cc(F)ccc1C. The lowest BCUT2D eigenvalue weighted by atomic mass is 10.2. The highest BCUT2D eigenvalue weighted by atomic mass is 19.1. The molecule has 94 valence electrons. The number of rotatable bonds is 3. The van der Waals surface area contributed by atoms with Gasteiger partial charge in [-0.15, -0.1) is 0 Å². The average Bonchev–Trinajstić information content (AvgIpc) is 2.34. The Balaban J connectivity index is 2.40. The second-order valence-corrected chi connectivity index (χ2v) is 3.73. The number of halogens is 1. The highest BCUT2D eigenvalue weighted by molar-refractivity contribution is 5.69. The first kappa shape index (κ1) is 12.1. The fourth-order valence-electron chi connectivity index (χ4n) is 1.53. The monoisotopic (exact) mass is 248 g/mol. The average molecular weight is 248 g/mol. The molecule has 2 rings (SSSR count). The van der Waals surface area contributed by atoms with Crippen molar-refractivity contribution < 1.29 is 9.13 Å². The maximum absolute atomic E-state index is 13.2. The number of hydrogen-bond acceptors (Lipinski definition) is 5. The third-order valence-electron chi connectivity index (χ3n) is 2.49. The van der Waals surface area contributed by atoms with Crippen molar-refractivity contribution >= 4 is 17.3 Å². The highest BCUT2D eigenvalue weighted by Gasteiger charge is 2.11. The smallest absolute Gasteiger partial charge is 0.204 e. The molecule has 18 heavy (non-hydrogen) atoms. The van der Waals surface area contributed by atoms with Gasteiger partial charge in [0.05, 0.1) is 7.11 Å². The summed E-state index contributed by atoms with van der Waals surface area (Å²) in [4.78, 5) is 7.85.